The van der Waals surface area contributed by atoms with Crippen LogP contribution in [0.2, 0.25) is 0 Å². The van der Waals surface area contributed by atoms with Crippen molar-refractivity contribution in [3.8, 4) is 11.6 Å². The summed E-state index contributed by atoms with van der Waals surface area (Å²) in [5, 5.41) is 24.2. The number of phenolic OH excluding ortho intramolecular Hbond substituents is 1. The van der Waals surface area contributed by atoms with Crippen LogP contribution >= 0.6 is 0 Å². The fourth-order valence-corrected chi connectivity index (χ4v) is 3.08. The first-order valence-electron chi connectivity index (χ1n) is 6.83. The van der Waals surface area contributed by atoms with E-state index >= 15 is 0 Å². The molecular weight excluding hydrogens is 350 g/mol. The molecule has 128 valence electrons. The number of nitro groups is 1. The van der Waals surface area contributed by atoms with Crippen LogP contribution in [0.15, 0.2) is 59.9 Å². The highest BCUT2D eigenvalue weighted by atomic mass is 32.2. The largest absolute Gasteiger partial charge is 0.502 e. The van der Waals surface area contributed by atoms with E-state index in [1.807, 2.05) is 0 Å². The molecule has 1 aromatic carbocycles. The number of rotatable bonds is 5. The Morgan fingerprint density at radius 1 is 1.24 bits per heavy atom. The van der Waals surface area contributed by atoms with E-state index in [4.69, 9.17) is 0 Å². The van der Waals surface area contributed by atoms with E-state index < -0.39 is 26.4 Å². The zero-order valence-electron chi connectivity index (χ0n) is 12.5. The minimum absolute atomic E-state index is 0.173. The lowest BCUT2D eigenvalue weighted by molar-refractivity contribution is -0.386. The van der Waals surface area contributed by atoms with Crippen LogP contribution in [0.1, 0.15) is 0 Å². The predicted octanol–water partition coefficient (Wildman–Crippen LogP) is 1.68. The maximum Gasteiger partial charge on any atom is 0.312 e. The van der Waals surface area contributed by atoms with Crippen molar-refractivity contribution >= 4 is 21.4 Å². The highest BCUT2D eigenvalue weighted by Gasteiger charge is 2.21. The van der Waals surface area contributed by atoms with Crippen LogP contribution in [0.4, 0.5) is 11.4 Å². The number of phenols is 1. The van der Waals surface area contributed by atoms with Gasteiger partial charge in [-0.05, 0) is 30.3 Å². The number of nitro benzene ring substituents is 1. The first kappa shape index (κ1) is 16.4. The molecule has 0 radical (unpaired) electrons. The summed E-state index contributed by atoms with van der Waals surface area (Å²) in [7, 11) is -4.08. The summed E-state index contributed by atoms with van der Waals surface area (Å²) in [5.74, 6) is -0.123. The number of aromatic nitrogens is 3. The van der Waals surface area contributed by atoms with Gasteiger partial charge in [0.15, 0.2) is 11.6 Å². The summed E-state index contributed by atoms with van der Waals surface area (Å²) in [5.41, 5.74) is -0.526. The van der Waals surface area contributed by atoms with E-state index in [0.717, 1.165) is 18.2 Å². The van der Waals surface area contributed by atoms with Crippen molar-refractivity contribution in [3.05, 3.63) is 65.1 Å². The normalized spacial score (nSPS) is 11.2. The van der Waals surface area contributed by atoms with Crippen molar-refractivity contribution in [1.29, 1.82) is 0 Å². The molecular formula is C14H11N5O5S. The Bertz CT molecular complexity index is 1020. The van der Waals surface area contributed by atoms with E-state index in [2.05, 4.69) is 14.8 Å². The number of nitrogens with one attached hydrogen (secondary N) is 1. The van der Waals surface area contributed by atoms with Gasteiger partial charge in [0.25, 0.3) is 10.0 Å². The van der Waals surface area contributed by atoms with Gasteiger partial charge in [-0.2, -0.15) is 5.10 Å². The average Bonchev–Trinajstić information content (AvgIpc) is 3.09. The van der Waals surface area contributed by atoms with Crippen LogP contribution in [0.5, 0.6) is 5.75 Å². The van der Waals surface area contributed by atoms with Gasteiger partial charge in [-0.1, -0.05) is 0 Å². The maximum absolute atomic E-state index is 12.3. The first-order valence-corrected chi connectivity index (χ1v) is 8.31. The lowest BCUT2D eigenvalue weighted by atomic mass is 10.3. The Hall–Kier alpha value is -3.47. The van der Waals surface area contributed by atoms with Crippen molar-refractivity contribution in [2.45, 2.75) is 4.90 Å². The molecule has 25 heavy (non-hydrogen) atoms. The molecule has 10 nitrogen and oxygen atoms in total. The van der Waals surface area contributed by atoms with Gasteiger partial charge in [-0.3, -0.25) is 14.8 Å². The van der Waals surface area contributed by atoms with Crippen LogP contribution in [-0.4, -0.2) is 33.2 Å². The molecule has 0 amide bonds. The van der Waals surface area contributed by atoms with E-state index in [1.165, 1.54) is 16.9 Å². The monoisotopic (exact) mass is 361 g/mol. The van der Waals surface area contributed by atoms with Crippen LogP contribution in [0.3, 0.4) is 0 Å². The molecule has 0 saturated heterocycles. The number of hydrogen-bond acceptors (Lipinski definition) is 7. The molecule has 0 aliphatic heterocycles. The molecule has 2 heterocycles. The summed E-state index contributed by atoms with van der Waals surface area (Å²) in [6.07, 6.45) is 4.56. The summed E-state index contributed by atoms with van der Waals surface area (Å²) < 4.78 is 28.5. The van der Waals surface area contributed by atoms with Gasteiger partial charge < -0.3 is 5.11 Å². The number of aromatic hydroxyl groups is 1. The lowest BCUT2D eigenvalue weighted by Gasteiger charge is -2.09. The molecule has 2 N–H and O–H groups in total. The molecule has 0 spiro atoms. The summed E-state index contributed by atoms with van der Waals surface area (Å²) in [4.78, 5) is 13.7. The highest BCUT2D eigenvalue weighted by Crippen LogP contribution is 2.29. The third kappa shape index (κ3) is 3.40. The molecule has 3 rings (SSSR count). The minimum Gasteiger partial charge on any atom is -0.502 e. The highest BCUT2D eigenvalue weighted by molar-refractivity contribution is 7.92. The Kier molecular flexibility index (Phi) is 4.07. The van der Waals surface area contributed by atoms with E-state index in [0.29, 0.717) is 5.82 Å². The second-order valence-corrected chi connectivity index (χ2v) is 6.55. The van der Waals surface area contributed by atoms with Crippen LogP contribution in [0.25, 0.3) is 5.82 Å². The Labute approximate surface area is 141 Å². The first-order chi connectivity index (χ1) is 11.9. The predicted molar refractivity (Wildman–Crippen MR) is 86.9 cm³/mol. The molecule has 0 unspecified atom stereocenters. The summed E-state index contributed by atoms with van der Waals surface area (Å²) >= 11 is 0. The van der Waals surface area contributed by atoms with Gasteiger partial charge in [-0.15, -0.1) is 0 Å². The maximum atomic E-state index is 12.3. The molecule has 0 fully saturated rings. The van der Waals surface area contributed by atoms with Crippen LogP contribution < -0.4 is 4.72 Å². The summed E-state index contributed by atoms with van der Waals surface area (Å²) in [6.45, 7) is 0. The second kappa shape index (κ2) is 6.20. The van der Waals surface area contributed by atoms with Gasteiger partial charge in [0.05, 0.1) is 21.7 Å². The molecule has 3 aromatic rings. The zero-order chi connectivity index (χ0) is 18.0. The molecule has 0 aliphatic rings. The number of benzene rings is 1. The average molecular weight is 361 g/mol. The number of hydrogen-bond donors (Lipinski definition) is 2. The Morgan fingerprint density at radius 3 is 2.64 bits per heavy atom. The van der Waals surface area contributed by atoms with Gasteiger partial charge in [0.1, 0.15) is 0 Å². The van der Waals surface area contributed by atoms with Crippen molar-refractivity contribution in [1.82, 2.24) is 14.8 Å². The topological polar surface area (TPSA) is 140 Å². The van der Waals surface area contributed by atoms with Crippen LogP contribution in [-0.2, 0) is 10.0 Å². The smallest absolute Gasteiger partial charge is 0.312 e. The third-order valence-electron chi connectivity index (χ3n) is 3.19. The summed E-state index contributed by atoms with van der Waals surface area (Å²) in [6, 6.07) is 7.56. The molecule has 2 aromatic heterocycles. The van der Waals surface area contributed by atoms with Crippen molar-refractivity contribution in [3.63, 3.8) is 0 Å². The molecule has 0 saturated carbocycles. The second-order valence-electron chi connectivity index (χ2n) is 4.87. The Morgan fingerprint density at radius 2 is 2.04 bits per heavy atom. The van der Waals surface area contributed by atoms with E-state index in [-0.39, 0.29) is 10.6 Å². The molecule has 0 bridgehead atoms. The van der Waals surface area contributed by atoms with Crippen molar-refractivity contribution in [2.24, 2.45) is 0 Å². The van der Waals surface area contributed by atoms with Gasteiger partial charge in [-0.25, -0.2) is 18.1 Å². The number of nitrogens with zero attached hydrogens (tertiary/aromatic N) is 4. The standard InChI is InChI=1S/C14H11N5O5S/c20-13-4-3-11(8-12(13)19(21)22)25(23,24)17-10-2-5-14(15-9-10)18-7-1-6-16-18/h1-9,17,20H. The fourth-order valence-electron chi connectivity index (χ4n) is 2.02. The number of anilines is 1. The number of pyridine rings is 1. The van der Waals surface area contributed by atoms with Gasteiger partial charge in [0.2, 0.25) is 0 Å². The number of sulfonamides is 1. The Balaban J connectivity index is 1.86. The van der Waals surface area contributed by atoms with E-state index in [9.17, 15) is 23.6 Å². The zero-order valence-corrected chi connectivity index (χ0v) is 13.3. The minimum atomic E-state index is -4.08. The molecule has 0 atom stereocenters. The van der Waals surface area contributed by atoms with Gasteiger partial charge in [0, 0.05) is 18.5 Å². The lowest BCUT2D eigenvalue weighted by Crippen LogP contribution is -2.13. The fraction of sp³-hybridized carbons (Fsp3) is 0. The SMILES string of the molecule is O=[N+]([O-])c1cc(S(=O)(=O)Nc2ccc(-n3cccn3)nc2)ccc1O. The molecule has 11 heteroatoms. The molecule has 0 aliphatic carbocycles. The quantitative estimate of drug-likeness (QED) is 0.520. The third-order valence-corrected chi connectivity index (χ3v) is 4.57. The van der Waals surface area contributed by atoms with Crippen LogP contribution in [0, 0.1) is 10.1 Å². The van der Waals surface area contributed by atoms with Crippen molar-refractivity contribution in [2.75, 3.05) is 4.72 Å². The van der Waals surface area contributed by atoms with E-state index in [1.54, 1.807) is 24.5 Å². The van der Waals surface area contributed by atoms with Crippen molar-refractivity contribution < 1.29 is 18.4 Å². The van der Waals surface area contributed by atoms with Gasteiger partial charge >= 0.3 is 5.69 Å².